The first-order valence-electron chi connectivity index (χ1n) is 9.15. The highest BCUT2D eigenvalue weighted by Crippen LogP contribution is 2.12. The van der Waals surface area contributed by atoms with Crippen LogP contribution in [0.25, 0.3) is 0 Å². The molecule has 1 aromatic heterocycles. The van der Waals surface area contributed by atoms with E-state index in [4.69, 9.17) is 4.74 Å². The van der Waals surface area contributed by atoms with Gasteiger partial charge in [-0.25, -0.2) is 0 Å². The lowest BCUT2D eigenvalue weighted by atomic mass is 10.0. The lowest BCUT2D eigenvalue weighted by Gasteiger charge is -2.22. The maximum atomic E-state index is 12.7. The van der Waals surface area contributed by atoms with Crippen molar-refractivity contribution in [3.8, 4) is 5.75 Å². The minimum Gasteiger partial charge on any atom is -0.497 e. The summed E-state index contributed by atoms with van der Waals surface area (Å²) in [5.74, 6) is -0.162. The Morgan fingerprint density at radius 3 is 2.32 bits per heavy atom. The van der Waals surface area contributed by atoms with Crippen molar-refractivity contribution in [3.63, 3.8) is 0 Å². The molecule has 0 bridgehead atoms. The maximum absolute atomic E-state index is 12.7. The zero-order valence-electron chi connectivity index (χ0n) is 16.9. The van der Waals surface area contributed by atoms with Gasteiger partial charge >= 0.3 is 0 Å². The van der Waals surface area contributed by atoms with E-state index in [2.05, 4.69) is 15.6 Å². The molecule has 0 aliphatic rings. The monoisotopic (exact) mass is 385 g/mol. The van der Waals surface area contributed by atoms with Crippen LogP contribution in [0.2, 0.25) is 0 Å². The molecular weight excluding hydrogens is 358 g/mol. The summed E-state index contributed by atoms with van der Waals surface area (Å²) < 4.78 is 5.08. The van der Waals surface area contributed by atoms with Crippen LogP contribution in [0.1, 0.15) is 41.0 Å². The molecule has 2 aromatic rings. The van der Waals surface area contributed by atoms with E-state index < -0.39 is 6.04 Å². The smallest absolute Gasteiger partial charge is 0.253 e. The zero-order valence-corrected chi connectivity index (χ0v) is 16.9. The number of carbonyl (C=O) groups is 2. The number of aromatic nitrogens is 1. The number of nitrogens with one attached hydrogen (secondary N) is 3. The number of methoxy groups -OCH3 is 1. The SMILES string of the molecule is COc1ccc(C(=O)N[C@H](C(=O)NCc2c(C)cc(C)[nH]c2=O)C(C)C)cc1. The molecule has 1 aromatic carbocycles. The Bertz CT molecular complexity index is 901. The van der Waals surface area contributed by atoms with Gasteiger partial charge in [-0.05, 0) is 55.7 Å². The molecule has 0 radical (unpaired) electrons. The van der Waals surface area contributed by atoms with Crippen molar-refractivity contribution < 1.29 is 14.3 Å². The van der Waals surface area contributed by atoms with Gasteiger partial charge in [0.2, 0.25) is 5.91 Å². The topological polar surface area (TPSA) is 100 Å². The summed E-state index contributed by atoms with van der Waals surface area (Å²) in [6, 6.07) is 7.78. The summed E-state index contributed by atoms with van der Waals surface area (Å²) >= 11 is 0. The first-order chi connectivity index (χ1) is 13.2. The van der Waals surface area contributed by atoms with Crippen LogP contribution in [0.5, 0.6) is 5.75 Å². The van der Waals surface area contributed by atoms with E-state index in [0.717, 1.165) is 11.3 Å². The largest absolute Gasteiger partial charge is 0.497 e. The van der Waals surface area contributed by atoms with E-state index in [-0.39, 0.29) is 29.8 Å². The number of hydrogen-bond acceptors (Lipinski definition) is 4. The lowest BCUT2D eigenvalue weighted by Crippen LogP contribution is -2.49. The predicted molar refractivity (Wildman–Crippen MR) is 107 cm³/mol. The van der Waals surface area contributed by atoms with Crippen molar-refractivity contribution in [1.29, 1.82) is 0 Å². The summed E-state index contributed by atoms with van der Waals surface area (Å²) in [7, 11) is 1.55. The number of carbonyl (C=O) groups excluding carboxylic acids is 2. The van der Waals surface area contributed by atoms with Gasteiger partial charge in [0.1, 0.15) is 11.8 Å². The number of ether oxygens (including phenoxy) is 1. The summed E-state index contributed by atoms with van der Waals surface area (Å²) in [6.45, 7) is 7.43. The third-order valence-corrected chi connectivity index (χ3v) is 4.52. The molecule has 7 heteroatoms. The van der Waals surface area contributed by atoms with Gasteiger partial charge in [0.25, 0.3) is 11.5 Å². The third-order valence-electron chi connectivity index (χ3n) is 4.52. The molecule has 0 saturated heterocycles. The van der Waals surface area contributed by atoms with Gasteiger partial charge in [-0.15, -0.1) is 0 Å². The number of hydrogen-bond donors (Lipinski definition) is 3. The van der Waals surface area contributed by atoms with Crippen LogP contribution < -0.4 is 20.9 Å². The average Bonchev–Trinajstić information content (AvgIpc) is 2.64. The third kappa shape index (κ3) is 5.22. The van der Waals surface area contributed by atoms with Crippen molar-refractivity contribution in [1.82, 2.24) is 15.6 Å². The Hall–Kier alpha value is -3.09. The van der Waals surface area contributed by atoms with Crippen LogP contribution in [0.4, 0.5) is 0 Å². The molecule has 0 aliphatic carbocycles. The Labute approximate surface area is 164 Å². The molecule has 1 atom stereocenters. The van der Waals surface area contributed by atoms with Gasteiger partial charge < -0.3 is 20.4 Å². The fourth-order valence-corrected chi connectivity index (χ4v) is 2.89. The molecule has 0 saturated carbocycles. The quantitative estimate of drug-likeness (QED) is 0.679. The minimum atomic E-state index is -0.723. The van der Waals surface area contributed by atoms with Gasteiger partial charge in [-0.1, -0.05) is 13.8 Å². The number of H-pyrrole nitrogens is 1. The number of aryl methyl sites for hydroxylation is 2. The molecule has 2 rings (SSSR count). The minimum absolute atomic E-state index is 0.0991. The second kappa shape index (κ2) is 9.21. The van der Waals surface area contributed by atoms with E-state index >= 15 is 0 Å². The Morgan fingerprint density at radius 2 is 1.79 bits per heavy atom. The van der Waals surface area contributed by atoms with Gasteiger partial charge in [0, 0.05) is 23.4 Å². The molecule has 3 N–H and O–H groups in total. The van der Waals surface area contributed by atoms with Gasteiger partial charge in [-0.2, -0.15) is 0 Å². The van der Waals surface area contributed by atoms with Crippen molar-refractivity contribution >= 4 is 11.8 Å². The lowest BCUT2D eigenvalue weighted by molar-refractivity contribution is -0.124. The molecular formula is C21H27N3O4. The Morgan fingerprint density at radius 1 is 1.14 bits per heavy atom. The first-order valence-corrected chi connectivity index (χ1v) is 9.15. The number of amides is 2. The number of pyridine rings is 1. The fourth-order valence-electron chi connectivity index (χ4n) is 2.89. The maximum Gasteiger partial charge on any atom is 0.253 e. The molecule has 150 valence electrons. The van der Waals surface area contributed by atoms with E-state index in [1.54, 1.807) is 38.3 Å². The second-order valence-corrected chi connectivity index (χ2v) is 7.08. The zero-order chi connectivity index (χ0) is 20.8. The van der Waals surface area contributed by atoms with E-state index in [0.29, 0.717) is 16.9 Å². The highest BCUT2D eigenvalue weighted by molar-refractivity contribution is 5.97. The Kier molecular flexibility index (Phi) is 6.98. The molecule has 1 heterocycles. The van der Waals surface area contributed by atoms with Gasteiger partial charge in [0.05, 0.1) is 7.11 Å². The summed E-state index contributed by atoms with van der Waals surface area (Å²) in [4.78, 5) is 40.0. The van der Waals surface area contributed by atoms with E-state index in [9.17, 15) is 14.4 Å². The number of benzene rings is 1. The molecule has 2 amide bonds. The van der Waals surface area contributed by atoms with Crippen LogP contribution in [-0.4, -0.2) is 29.9 Å². The molecule has 0 spiro atoms. The van der Waals surface area contributed by atoms with Crippen LogP contribution >= 0.6 is 0 Å². The predicted octanol–water partition coefficient (Wildman–Crippen LogP) is 2.07. The normalized spacial score (nSPS) is 11.8. The molecule has 0 fully saturated rings. The van der Waals surface area contributed by atoms with Crippen molar-refractivity contribution in [2.75, 3.05) is 7.11 Å². The summed E-state index contributed by atoms with van der Waals surface area (Å²) in [5, 5.41) is 5.53. The highest BCUT2D eigenvalue weighted by atomic mass is 16.5. The molecule has 7 nitrogen and oxygen atoms in total. The van der Waals surface area contributed by atoms with Crippen LogP contribution in [-0.2, 0) is 11.3 Å². The van der Waals surface area contributed by atoms with Crippen LogP contribution in [0, 0.1) is 19.8 Å². The molecule has 28 heavy (non-hydrogen) atoms. The summed E-state index contributed by atoms with van der Waals surface area (Å²) in [6.07, 6.45) is 0. The Balaban J connectivity index is 2.07. The highest BCUT2D eigenvalue weighted by Gasteiger charge is 2.25. The fraction of sp³-hybridized carbons (Fsp3) is 0.381. The number of aromatic amines is 1. The van der Waals surface area contributed by atoms with Crippen molar-refractivity contribution in [3.05, 3.63) is 63.1 Å². The van der Waals surface area contributed by atoms with Gasteiger partial charge in [-0.3, -0.25) is 14.4 Å². The summed E-state index contributed by atoms with van der Waals surface area (Å²) in [5.41, 5.74) is 2.29. The standard InChI is InChI=1S/C21H27N3O4/c1-12(2)18(24-19(25)15-6-8-16(28-5)9-7-15)21(27)22-11-17-13(3)10-14(4)23-20(17)26/h6-10,12,18H,11H2,1-5H3,(H,22,27)(H,23,26)(H,24,25)/t18-/m0/s1. The van der Waals surface area contributed by atoms with Crippen LogP contribution in [0.15, 0.2) is 35.1 Å². The number of rotatable bonds is 7. The first kappa shape index (κ1) is 21.2. The molecule has 0 unspecified atom stereocenters. The van der Waals surface area contributed by atoms with E-state index in [1.165, 1.54) is 0 Å². The van der Waals surface area contributed by atoms with Crippen molar-refractivity contribution in [2.45, 2.75) is 40.3 Å². The van der Waals surface area contributed by atoms with Crippen molar-refractivity contribution in [2.24, 2.45) is 5.92 Å². The van der Waals surface area contributed by atoms with Crippen LogP contribution in [0.3, 0.4) is 0 Å². The second-order valence-electron chi connectivity index (χ2n) is 7.08. The molecule has 0 aliphatic heterocycles. The average molecular weight is 385 g/mol. The van der Waals surface area contributed by atoms with Gasteiger partial charge in [0.15, 0.2) is 0 Å². The van der Waals surface area contributed by atoms with E-state index in [1.807, 2.05) is 26.8 Å².